The number of halogens is 1. The molecule has 0 unspecified atom stereocenters. The Morgan fingerprint density at radius 1 is 1.21 bits per heavy atom. The maximum absolute atomic E-state index is 4.25. The van der Waals surface area contributed by atoms with Gasteiger partial charge in [-0.15, -0.1) is 45.5 Å². The highest BCUT2D eigenvalue weighted by molar-refractivity contribution is 14.0. The smallest absolute Gasteiger partial charge is 0.191 e. The summed E-state index contributed by atoms with van der Waals surface area (Å²) in [5.41, 5.74) is 0.873. The molecule has 0 amide bonds. The van der Waals surface area contributed by atoms with Gasteiger partial charge < -0.3 is 10.6 Å². The molecule has 0 aromatic carbocycles. The molecule has 128 valence electrons. The van der Waals surface area contributed by atoms with E-state index in [4.69, 9.17) is 0 Å². The van der Waals surface area contributed by atoms with Crippen LogP contribution in [0.3, 0.4) is 0 Å². The molecule has 0 saturated heterocycles. The molecule has 8 heteroatoms. The zero-order valence-corrected chi connectivity index (χ0v) is 16.8. The van der Waals surface area contributed by atoms with Crippen molar-refractivity contribution in [3.05, 3.63) is 52.1 Å². The summed E-state index contributed by atoms with van der Waals surface area (Å²) in [6.45, 7) is 3.65. The third-order valence-corrected chi connectivity index (χ3v) is 4.48. The lowest BCUT2D eigenvalue weighted by Gasteiger charge is -2.10. The van der Waals surface area contributed by atoms with Crippen LogP contribution in [-0.2, 0) is 13.0 Å². The minimum absolute atomic E-state index is 0. The first-order valence-electron chi connectivity index (χ1n) is 7.55. The predicted octanol–water partition coefficient (Wildman–Crippen LogP) is 2.62. The molecule has 3 heterocycles. The number of aryl methyl sites for hydroxylation is 1. The number of aromatic nitrogens is 3. The predicted molar refractivity (Wildman–Crippen MR) is 109 cm³/mol. The van der Waals surface area contributed by atoms with Crippen LogP contribution in [0.4, 0.5) is 0 Å². The number of nitrogens with zero attached hydrogens (tertiary/aromatic N) is 4. The van der Waals surface area contributed by atoms with Crippen molar-refractivity contribution in [2.75, 3.05) is 13.6 Å². The number of fused-ring (bicyclic) bond motifs is 1. The highest BCUT2D eigenvalue weighted by Gasteiger charge is 2.05. The second kappa shape index (κ2) is 8.97. The van der Waals surface area contributed by atoms with Gasteiger partial charge in [-0.25, -0.2) is 0 Å². The van der Waals surface area contributed by atoms with Crippen molar-refractivity contribution in [3.63, 3.8) is 0 Å². The maximum Gasteiger partial charge on any atom is 0.191 e. The van der Waals surface area contributed by atoms with E-state index in [0.717, 1.165) is 36.9 Å². The number of hydrogen-bond acceptors (Lipinski definition) is 4. The van der Waals surface area contributed by atoms with Gasteiger partial charge in [-0.3, -0.25) is 9.39 Å². The van der Waals surface area contributed by atoms with Crippen LogP contribution < -0.4 is 10.6 Å². The summed E-state index contributed by atoms with van der Waals surface area (Å²) in [5.74, 6) is 1.74. The average Bonchev–Trinajstić information content (AvgIpc) is 3.17. The van der Waals surface area contributed by atoms with Gasteiger partial charge in [-0.05, 0) is 31.2 Å². The van der Waals surface area contributed by atoms with Crippen molar-refractivity contribution in [1.29, 1.82) is 0 Å². The van der Waals surface area contributed by atoms with Gasteiger partial charge in [-0.2, -0.15) is 0 Å². The summed E-state index contributed by atoms with van der Waals surface area (Å²) in [4.78, 5) is 6.87. The van der Waals surface area contributed by atoms with Crippen molar-refractivity contribution in [1.82, 2.24) is 25.2 Å². The first kappa shape index (κ1) is 18.7. The van der Waals surface area contributed by atoms with E-state index in [9.17, 15) is 0 Å². The van der Waals surface area contributed by atoms with E-state index in [0.29, 0.717) is 0 Å². The standard InChI is InChI=1S/C16H20N6S.HI/c1-12-6-7-13(23-12)11-19-16(17-2)18-9-8-15-21-20-14-5-3-4-10-22(14)15;/h3-7,10H,8-9,11H2,1-2H3,(H2,17,18,19);1H. The van der Waals surface area contributed by atoms with Gasteiger partial charge in [0.1, 0.15) is 5.82 Å². The number of aliphatic imine (C=N–C) groups is 1. The number of thiophene rings is 1. The Balaban J connectivity index is 0.00000208. The maximum atomic E-state index is 4.25. The molecule has 0 aliphatic carbocycles. The molecule has 0 aliphatic rings. The van der Waals surface area contributed by atoms with Crippen molar-refractivity contribution < 1.29 is 0 Å². The molecular weight excluding hydrogens is 435 g/mol. The largest absolute Gasteiger partial charge is 0.356 e. The van der Waals surface area contributed by atoms with E-state index in [1.165, 1.54) is 9.75 Å². The first-order chi connectivity index (χ1) is 11.3. The fourth-order valence-electron chi connectivity index (χ4n) is 2.33. The van der Waals surface area contributed by atoms with Gasteiger partial charge in [0.15, 0.2) is 11.6 Å². The van der Waals surface area contributed by atoms with Crippen LogP contribution in [0, 0.1) is 6.92 Å². The van der Waals surface area contributed by atoms with Crippen LogP contribution >= 0.6 is 35.3 Å². The highest BCUT2D eigenvalue weighted by Crippen LogP contribution is 2.14. The van der Waals surface area contributed by atoms with Gasteiger partial charge in [0.05, 0.1) is 6.54 Å². The first-order valence-corrected chi connectivity index (χ1v) is 8.36. The lowest BCUT2D eigenvalue weighted by Crippen LogP contribution is -2.37. The van der Waals surface area contributed by atoms with Crippen LogP contribution in [0.5, 0.6) is 0 Å². The van der Waals surface area contributed by atoms with Gasteiger partial charge in [0.25, 0.3) is 0 Å². The van der Waals surface area contributed by atoms with Crippen LogP contribution in [0.1, 0.15) is 15.6 Å². The van der Waals surface area contributed by atoms with Crippen LogP contribution in [-0.4, -0.2) is 34.2 Å². The number of guanidine groups is 1. The fraction of sp³-hybridized carbons (Fsp3) is 0.312. The molecule has 0 spiro atoms. The Bertz CT molecular complexity index is 810. The molecule has 0 fully saturated rings. The van der Waals surface area contributed by atoms with Gasteiger partial charge in [-0.1, -0.05) is 6.07 Å². The molecule has 6 nitrogen and oxygen atoms in total. The number of rotatable bonds is 5. The van der Waals surface area contributed by atoms with Crippen LogP contribution in [0.2, 0.25) is 0 Å². The summed E-state index contributed by atoms with van der Waals surface area (Å²) in [7, 11) is 1.78. The van der Waals surface area contributed by atoms with Crippen molar-refractivity contribution >= 4 is 46.9 Å². The number of pyridine rings is 1. The zero-order valence-electron chi connectivity index (χ0n) is 13.7. The van der Waals surface area contributed by atoms with Crippen molar-refractivity contribution in [3.8, 4) is 0 Å². The zero-order chi connectivity index (χ0) is 16.1. The second-order valence-electron chi connectivity index (χ2n) is 5.16. The minimum atomic E-state index is 0. The van der Waals surface area contributed by atoms with Gasteiger partial charge in [0.2, 0.25) is 0 Å². The third-order valence-electron chi connectivity index (χ3n) is 3.48. The Labute approximate surface area is 162 Å². The van der Waals surface area contributed by atoms with Crippen LogP contribution in [0.15, 0.2) is 41.5 Å². The molecular formula is C16H21IN6S. The lowest BCUT2D eigenvalue weighted by molar-refractivity contribution is 0.763. The molecule has 0 saturated carbocycles. The van der Waals surface area contributed by atoms with Crippen molar-refractivity contribution in [2.45, 2.75) is 19.9 Å². The Kier molecular flexibility index (Phi) is 6.98. The molecule has 3 aromatic rings. The average molecular weight is 456 g/mol. The van der Waals surface area contributed by atoms with E-state index >= 15 is 0 Å². The molecule has 3 rings (SSSR count). The Morgan fingerprint density at radius 2 is 2.08 bits per heavy atom. The summed E-state index contributed by atoms with van der Waals surface area (Å²) < 4.78 is 2.01. The summed E-state index contributed by atoms with van der Waals surface area (Å²) >= 11 is 1.80. The SMILES string of the molecule is CN=C(NCCc1nnc2ccccn12)NCc1ccc(C)s1.I. The number of hydrogen-bond donors (Lipinski definition) is 2. The van der Waals surface area contributed by atoms with Crippen LogP contribution in [0.25, 0.3) is 5.65 Å². The third kappa shape index (κ3) is 4.67. The topological polar surface area (TPSA) is 66.6 Å². The van der Waals surface area contributed by atoms with E-state index < -0.39 is 0 Å². The van der Waals surface area contributed by atoms with E-state index in [-0.39, 0.29) is 24.0 Å². The normalized spacial score (nSPS) is 11.3. The van der Waals surface area contributed by atoms with Gasteiger partial charge >= 0.3 is 0 Å². The minimum Gasteiger partial charge on any atom is -0.356 e. The molecule has 24 heavy (non-hydrogen) atoms. The summed E-state index contributed by atoms with van der Waals surface area (Å²) in [6.07, 6.45) is 2.76. The van der Waals surface area contributed by atoms with E-state index in [2.05, 4.69) is 44.9 Å². The molecule has 0 aliphatic heterocycles. The molecule has 2 N–H and O–H groups in total. The monoisotopic (exact) mass is 456 g/mol. The Hall–Kier alpha value is -1.68. The fourth-order valence-corrected chi connectivity index (χ4v) is 3.16. The quantitative estimate of drug-likeness (QED) is 0.352. The second-order valence-corrected chi connectivity index (χ2v) is 6.53. The molecule has 3 aromatic heterocycles. The molecule has 0 atom stereocenters. The van der Waals surface area contributed by atoms with E-state index in [1.807, 2.05) is 28.8 Å². The Morgan fingerprint density at radius 3 is 2.83 bits per heavy atom. The molecule has 0 radical (unpaired) electrons. The summed E-state index contributed by atoms with van der Waals surface area (Å²) in [6, 6.07) is 10.2. The highest BCUT2D eigenvalue weighted by atomic mass is 127. The van der Waals surface area contributed by atoms with Gasteiger partial charge in [0, 0.05) is 36.0 Å². The van der Waals surface area contributed by atoms with E-state index in [1.54, 1.807) is 18.4 Å². The van der Waals surface area contributed by atoms with Crippen molar-refractivity contribution in [2.24, 2.45) is 4.99 Å². The molecule has 0 bridgehead atoms. The lowest BCUT2D eigenvalue weighted by atomic mass is 10.4. The summed E-state index contributed by atoms with van der Waals surface area (Å²) in [5, 5.41) is 15.0. The number of nitrogens with one attached hydrogen (secondary N) is 2.